The standard InChI is InChI=1S/C17H18F2N2O3S/c1-10(2)16-20-14(9-25-16)17(24)21(6-5-15(22)23)8-11-3-4-12(18)13(19)7-11/h3-4,7,9-10H,5-6,8H2,1-2H3,(H,22,23). The van der Waals surface area contributed by atoms with E-state index in [1.165, 1.54) is 22.3 Å². The van der Waals surface area contributed by atoms with Gasteiger partial charge in [-0.25, -0.2) is 13.8 Å². The first-order valence-corrected chi connectivity index (χ1v) is 8.56. The van der Waals surface area contributed by atoms with E-state index in [0.29, 0.717) is 5.56 Å². The molecule has 5 nitrogen and oxygen atoms in total. The molecule has 1 N–H and O–H groups in total. The molecular formula is C17H18F2N2O3S. The van der Waals surface area contributed by atoms with Gasteiger partial charge in [-0.15, -0.1) is 11.3 Å². The van der Waals surface area contributed by atoms with Crippen LogP contribution in [0.1, 0.15) is 47.2 Å². The summed E-state index contributed by atoms with van der Waals surface area (Å²) in [6, 6.07) is 3.33. The Morgan fingerprint density at radius 3 is 2.56 bits per heavy atom. The van der Waals surface area contributed by atoms with E-state index in [9.17, 15) is 18.4 Å². The van der Waals surface area contributed by atoms with Crippen molar-refractivity contribution in [2.45, 2.75) is 32.7 Å². The highest BCUT2D eigenvalue weighted by molar-refractivity contribution is 7.09. The van der Waals surface area contributed by atoms with E-state index in [2.05, 4.69) is 4.98 Å². The quantitative estimate of drug-likeness (QED) is 0.810. The summed E-state index contributed by atoms with van der Waals surface area (Å²) in [5.74, 6) is -3.31. The van der Waals surface area contributed by atoms with Gasteiger partial charge in [-0.1, -0.05) is 19.9 Å². The van der Waals surface area contributed by atoms with E-state index in [1.807, 2.05) is 13.8 Å². The van der Waals surface area contributed by atoms with Crippen molar-refractivity contribution in [2.24, 2.45) is 0 Å². The van der Waals surface area contributed by atoms with Gasteiger partial charge in [0.1, 0.15) is 5.69 Å². The van der Waals surface area contributed by atoms with Crippen molar-refractivity contribution < 1.29 is 23.5 Å². The number of aromatic nitrogens is 1. The fourth-order valence-electron chi connectivity index (χ4n) is 2.15. The number of halogens is 2. The molecule has 134 valence electrons. The second-order valence-corrected chi connectivity index (χ2v) is 6.73. The lowest BCUT2D eigenvalue weighted by Crippen LogP contribution is -2.33. The lowest BCUT2D eigenvalue weighted by atomic mass is 10.2. The van der Waals surface area contributed by atoms with E-state index in [-0.39, 0.29) is 31.1 Å². The van der Waals surface area contributed by atoms with Gasteiger partial charge in [0.25, 0.3) is 5.91 Å². The summed E-state index contributed by atoms with van der Waals surface area (Å²) in [7, 11) is 0. The molecule has 0 atom stereocenters. The molecular weight excluding hydrogens is 350 g/mol. The molecule has 0 radical (unpaired) electrons. The van der Waals surface area contributed by atoms with Crippen LogP contribution in [0, 0.1) is 11.6 Å². The van der Waals surface area contributed by atoms with Crippen molar-refractivity contribution in [3.8, 4) is 0 Å². The molecule has 1 aromatic carbocycles. The Bertz CT molecular complexity index is 777. The maximum Gasteiger partial charge on any atom is 0.305 e. The molecule has 2 rings (SSSR count). The first kappa shape index (κ1) is 19.0. The molecule has 8 heteroatoms. The predicted octanol–water partition coefficient (Wildman–Crippen LogP) is 3.66. The Morgan fingerprint density at radius 1 is 1.28 bits per heavy atom. The number of rotatable bonds is 7. The number of carbonyl (C=O) groups excluding carboxylic acids is 1. The number of carboxylic acid groups (broad SMARTS) is 1. The van der Waals surface area contributed by atoms with E-state index in [1.54, 1.807) is 5.38 Å². The van der Waals surface area contributed by atoms with Gasteiger partial charge in [0.15, 0.2) is 11.6 Å². The molecule has 1 heterocycles. The van der Waals surface area contributed by atoms with Gasteiger partial charge >= 0.3 is 5.97 Å². The molecule has 0 saturated carbocycles. The van der Waals surface area contributed by atoms with E-state index in [0.717, 1.165) is 17.1 Å². The highest BCUT2D eigenvalue weighted by atomic mass is 32.1. The van der Waals surface area contributed by atoms with Crippen molar-refractivity contribution >= 4 is 23.2 Å². The monoisotopic (exact) mass is 368 g/mol. The summed E-state index contributed by atoms with van der Waals surface area (Å²) in [6.45, 7) is 3.83. The molecule has 1 amide bonds. The van der Waals surface area contributed by atoms with Crippen molar-refractivity contribution in [3.63, 3.8) is 0 Å². The fourth-order valence-corrected chi connectivity index (χ4v) is 2.96. The minimum Gasteiger partial charge on any atom is -0.481 e. The second kappa shape index (κ2) is 8.15. The molecule has 0 spiro atoms. The van der Waals surface area contributed by atoms with E-state index in [4.69, 9.17) is 5.11 Å². The van der Waals surface area contributed by atoms with Crippen LogP contribution < -0.4 is 0 Å². The van der Waals surface area contributed by atoms with Crippen LogP contribution in [0.4, 0.5) is 8.78 Å². The Hall–Kier alpha value is -2.35. The lowest BCUT2D eigenvalue weighted by molar-refractivity contribution is -0.137. The topological polar surface area (TPSA) is 70.5 Å². The molecule has 0 aliphatic carbocycles. The minimum absolute atomic E-state index is 0.0299. The minimum atomic E-state index is -1.05. The van der Waals surface area contributed by atoms with Crippen LogP contribution in [0.5, 0.6) is 0 Å². The third-order valence-corrected chi connectivity index (χ3v) is 4.62. The fraction of sp³-hybridized carbons (Fsp3) is 0.353. The molecule has 1 aromatic heterocycles. The van der Waals surface area contributed by atoms with Crippen LogP contribution in [0.15, 0.2) is 23.6 Å². The van der Waals surface area contributed by atoms with Crippen LogP contribution in [-0.4, -0.2) is 33.4 Å². The maximum atomic E-state index is 13.4. The van der Waals surface area contributed by atoms with Crippen LogP contribution in [0.2, 0.25) is 0 Å². The summed E-state index contributed by atoms with van der Waals surface area (Å²) in [5, 5.41) is 11.3. The van der Waals surface area contributed by atoms with Crippen molar-refractivity contribution in [3.05, 3.63) is 51.5 Å². The number of thiazole rings is 1. The highest BCUT2D eigenvalue weighted by Crippen LogP contribution is 2.21. The number of carbonyl (C=O) groups is 2. The molecule has 0 bridgehead atoms. The van der Waals surface area contributed by atoms with Crippen LogP contribution in [-0.2, 0) is 11.3 Å². The van der Waals surface area contributed by atoms with Crippen LogP contribution >= 0.6 is 11.3 Å². The van der Waals surface area contributed by atoms with Gasteiger partial charge in [0.2, 0.25) is 0 Å². The zero-order chi connectivity index (χ0) is 18.6. The first-order valence-electron chi connectivity index (χ1n) is 7.68. The summed E-state index contributed by atoms with van der Waals surface area (Å²) in [5.41, 5.74) is 0.596. The van der Waals surface area contributed by atoms with Gasteiger partial charge in [-0.3, -0.25) is 9.59 Å². The number of benzene rings is 1. The van der Waals surface area contributed by atoms with Crippen LogP contribution in [0.3, 0.4) is 0 Å². The predicted molar refractivity (Wildman–Crippen MR) is 89.6 cm³/mol. The van der Waals surface area contributed by atoms with Gasteiger partial charge in [-0.05, 0) is 17.7 Å². The van der Waals surface area contributed by atoms with Crippen molar-refractivity contribution in [2.75, 3.05) is 6.54 Å². The normalized spacial score (nSPS) is 10.9. The summed E-state index contributed by atoms with van der Waals surface area (Å²) < 4.78 is 26.4. The molecule has 0 aliphatic heterocycles. The number of aliphatic carboxylic acids is 1. The van der Waals surface area contributed by atoms with Crippen LogP contribution in [0.25, 0.3) is 0 Å². The van der Waals surface area contributed by atoms with Gasteiger partial charge in [-0.2, -0.15) is 0 Å². The smallest absolute Gasteiger partial charge is 0.305 e. The highest BCUT2D eigenvalue weighted by Gasteiger charge is 2.21. The van der Waals surface area contributed by atoms with E-state index >= 15 is 0 Å². The largest absolute Gasteiger partial charge is 0.481 e. The Labute approximate surface area is 147 Å². The average Bonchev–Trinajstić information content (AvgIpc) is 3.04. The summed E-state index contributed by atoms with van der Waals surface area (Å²) in [4.78, 5) is 29.1. The molecule has 2 aromatic rings. The molecule has 25 heavy (non-hydrogen) atoms. The second-order valence-electron chi connectivity index (χ2n) is 5.84. The molecule has 0 aliphatic rings. The molecule has 0 unspecified atom stereocenters. The van der Waals surface area contributed by atoms with Gasteiger partial charge in [0, 0.05) is 24.4 Å². The number of carboxylic acids is 1. The SMILES string of the molecule is CC(C)c1nc(C(=O)N(CCC(=O)O)Cc2ccc(F)c(F)c2)cs1. The first-order chi connectivity index (χ1) is 11.8. The number of hydrogen-bond donors (Lipinski definition) is 1. The van der Waals surface area contributed by atoms with Crippen molar-refractivity contribution in [1.82, 2.24) is 9.88 Å². The van der Waals surface area contributed by atoms with Crippen molar-refractivity contribution in [1.29, 1.82) is 0 Å². The number of amides is 1. The number of nitrogens with zero attached hydrogens (tertiary/aromatic N) is 2. The Morgan fingerprint density at radius 2 is 2.00 bits per heavy atom. The Kier molecular flexibility index (Phi) is 6.19. The van der Waals surface area contributed by atoms with E-state index < -0.39 is 23.5 Å². The Balaban J connectivity index is 2.22. The zero-order valence-corrected chi connectivity index (χ0v) is 14.6. The molecule has 0 saturated heterocycles. The van der Waals surface area contributed by atoms with Gasteiger partial charge in [0.05, 0.1) is 11.4 Å². The zero-order valence-electron chi connectivity index (χ0n) is 13.8. The average molecular weight is 368 g/mol. The molecule has 0 fully saturated rings. The third-order valence-electron chi connectivity index (χ3n) is 3.48. The third kappa shape index (κ3) is 5.06. The van der Waals surface area contributed by atoms with Gasteiger partial charge < -0.3 is 10.0 Å². The maximum absolute atomic E-state index is 13.4. The summed E-state index contributed by atoms with van der Waals surface area (Å²) >= 11 is 1.35. The number of hydrogen-bond acceptors (Lipinski definition) is 4. The lowest BCUT2D eigenvalue weighted by Gasteiger charge is -2.21. The summed E-state index contributed by atoms with van der Waals surface area (Å²) in [6.07, 6.45) is -0.253.